The monoisotopic (exact) mass is 349 g/mol. The fourth-order valence-corrected chi connectivity index (χ4v) is 3.53. The highest BCUT2D eigenvalue weighted by atomic mass is 32.1. The van der Waals surface area contributed by atoms with E-state index in [1.807, 2.05) is 31.2 Å². The van der Waals surface area contributed by atoms with Crippen molar-refractivity contribution in [1.29, 1.82) is 0 Å². The standard InChI is InChI=1S/C19H31N3OS/c1-3-17-10-5-6-13-22(17)14-8-12-20-19(24)21-16-9-7-11-18(15-16)23-4-2/h7,9,11,15,17H,3-6,8,10,12-14H2,1-2H3,(H2,20,21,24)/t17-/m0/s1. The van der Waals surface area contributed by atoms with Gasteiger partial charge in [-0.15, -0.1) is 0 Å². The number of nitrogens with zero attached hydrogens (tertiary/aromatic N) is 1. The van der Waals surface area contributed by atoms with Gasteiger partial charge in [0, 0.05) is 30.9 Å². The minimum absolute atomic E-state index is 0.668. The summed E-state index contributed by atoms with van der Waals surface area (Å²) in [6.07, 6.45) is 6.49. The van der Waals surface area contributed by atoms with Gasteiger partial charge in [-0.25, -0.2) is 0 Å². The van der Waals surface area contributed by atoms with Gasteiger partial charge in [0.05, 0.1) is 6.61 Å². The van der Waals surface area contributed by atoms with Crippen LogP contribution in [-0.2, 0) is 0 Å². The van der Waals surface area contributed by atoms with Gasteiger partial charge >= 0.3 is 0 Å². The van der Waals surface area contributed by atoms with E-state index < -0.39 is 0 Å². The molecule has 1 heterocycles. The van der Waals surface area contributed by atoms with Crippen LogP contribution in [0.3, 0.4) is 0 Å². The molecule has 4 nitrogen and oxygen atoms in total. The first-order valence-electron chi connectivity index (χ1n) is 9.24. The third kappa shape index (κ3) is 6.29. The lowest BCUT2D eigenvalue weighted by molar-refractivity contribution is 0.143. The summed E-state index contributed by atoms with van der Waals surface area (Å²) in [6, 6.07) is 8.67. The molecule has 1 aliphatic heterocycles. The Morgan fingerprint density at radius 1 is 1.33 bits per heavy atom. The lowest BCUT2D eigenvalue weighted by atomic mass is 10.00. The Morgan fingerprint density at radius 2 is 2.21 bits per heavy atom. The fraction of sp³-hybridized carbons (Fsp3) is 0.632. The van der Waals surface area contributed by atoms with Gasteiger partial charge in [0.1, 0.15) is 5.75 Å². The summed E-state index contributed by atoms with van der Waals surface area (Å²) in [4.78, 5) is 2.65. The van der Waals surface area contributed by atoms with Gasteiger partial charge in [0.25, 0.3) is 0 Å². The summed E-state index contributed by atoms with van der Waals surface area (Å²) >= 11 is 5.38. The van der Waals surface area contributed by atoms with Gasteiger partial charge in [-0.05, 0) is 63.5 Å². The quantitative estimate of drug-likeness (QED) is 0.547. The van der Waals surface area contributed by atoms with Gasteiger partial charge in [0.2, 0.25) is 0 Å². The number of likely N-dealkylation sites (tertiary alicyclic amines) is 1. The molecule has 1 aliphatic rings. The fourth-order valence-electron chi connectivity index (χ4n) is 3.31. The molecule has 0 saturated carbocycles. The van der Waals surface area contributed by atoms with Crippen molar-refractivity contribution in [2.24, 2.45) is 0 Å². The van der Waals surface area contributed by atoms with Crippen molar-refractivity contribution in [1.82, 2.24) is 10.2 Å². The van der Waals surface area contributed by atoms with Crippen LogP contribution in [-0.4, -0.2) is 42.3 Å². The van der Waals surface area contributed by atoms with E-state index in [1.54, 1.807) is 0 Å². The molecule has 0 spiro atoms. The van der Waals surface area contributed by atoms with Crippen LogP contribution in [0.1, 0.15) is 46.0 Å². The number of ether oxygens (including phenoxy) is 1. The first-order chi connectivity index (χ1) is 11.7. The maximum absolute atomic E-state index is 5.51. The van der Waals surface area contributed by atoms with Gasteiger partial charge in [-0.3, -0.25) is 0 Å². The van der Waals surface area contributed by atoms with Crippen molar-refractivity contribution in [2.45, 2.75) is 52.0 Å². The smallest absolute Gasteiger partial charge is 0.170 e. The zero-order valence-corrected chi connectivity index (χ0v) is 15.8. The van der Waals surface area contributed by atoms with Crippen molar-refractivity contribution in [3.63, 3.8) is 0 Å². The first-order valence-corrected chi connectivity index (χ1v) is 9.65. The van der Waals surface area contributed by atoms with Gasteiger partial charge in [-0.1, -0.05) is 19.4 Å². The molecule has 0 amide bonds. The van der Waals surface area contributed by atoms with Crippen molar-refractivity contribution < 1.29 is 4.74 Å². The zero-order valence-electron chi connectivity index (χ0n) is 15.0. The molecular formula is C19H31N3OS. The topological polar surface area (TPSA) is 36.5 Å². The molecule has 2 N–H and O–H groups in total. The molecule has 0 radical (unpaired) electrons. The molecule has 1 aromatic carbocycles. The molecule has 134 valence electrons. The van der Waals surface area contributed by atoms with E-state index in [9.17, 15) is 0 Å². The summed E-state index contributed by atoms with van der Waals surface area (Å²) in [5.74, 6) is 0.862. The van der Waals surface area contributed by atoms with E-state index in [1.165, 1.54) is 32.2 Å². The Morgan fingerprint density at radius 3 is 3.00 bits per heavy atom. The maximum Gasteiger partial charge on any atom is 0.170 e. The summed E-state index contributed by atoms with van der Waals surface area (Å²) < 4.78 is 5.51. The van der Waals surface area contributed by atoms with Crippen LogP contribution in [0.2, 0.25) is 0 Å². The highest BCUT2D eigenvalue weighted by Crippen LogP contribution is 2.19. The van der Waals surface area contributed by atoms with Crippen LogP contribution >= 0.6 is 12.2 Å². The molecule has 0 unspecified atom stereocenters. The normalized spacial score (nSPS) is 18.2. The van der Waals surface area contributed by atoms with Gasteiger partial charge < -0.3 is 20.3 Å². The van der Waals surface area contributed by atoms with Gasteiger partial charge in [0.15, 0.2) is 5.11 Å². The minimum Gasteiger partial charge on any atom is -0.494 e. The molecule has 1 aromatic rings. The second-order valence-electron chi connectivity index (χ2n) is 6.29. The van der Waals surface area contributed by atoms with Crippen molar-refractivity contribution in [3.8, 4) is 5.75 Å². The second kappa shape index (κ2) is 10.5. The number of anilines is 1. The molecular weight excluding hydrogens is 318 g/mol. The summed E-state index contributed by atoms with van der Waals surface area (Å²) in [7, 11) is 0. The minimum atomic E-state index is 0.668. The molecule has 0 bridgehead atoms. The van der Waals surface area contributed by atoms with Crippen LogP contribution in [0.15, 0.2) is 24.3 Å². The summed E-state index contributed by atoms with van der Waals surface area (Å²) in [6.45, 7) is 8.28. The molecule has 24 heavy (non-hydrogen) atoms. The first kappa shape index (κ1) is 19.0. The zero-order chi connectivity index (χ0) is 17.2. The third-order valence-corrected chi connectivity index (χ3v) is 4.78. The Hall–Kier alpha value is -1.33. The van der Waals surface area contributed by atoms with Crippen LogP contribution in [0.25, 0.3) is 0 Å². The average Bonchev–Trinajstić information content (AvgIpc) is 2.59. The van der Waals surface area contributed by atoms with Crippen molar-refractivity contribution >= 4 is 23.0 Å². The van der Waals surface area contributed by atoms with Crippen LogP contribution in [0.5, 0.6) is 5.75 Å². The Bertz CT molecular complexity index is 509. The predicted octanol–water partition coefficient (Wildman–Crippen LogP) is 4.03. The van der Waals surface area contributed by atoms with Crippen LogP contribution in [0.4, 0.5) is 5.69 Å². The number of nitrogens with one attached hydrogen (secondary N) is 2. The van der Waals surface area contributed by atoms with Crippen LogP contribution < -0.4 is 15.4 Å². The Labute approximate surface area is 152 Å². The lowest BCUT2D eigenvalue weighted by Gasteiger charge is -2.35. The summed E-state index contributed by atoms with van der Waals surface area (Å²) in [5, 5.41) is 7.21. The van der Waals surface area contributed by atoms with E-state index in [2.05, 4.69) is 22.5 Å². The number of hydrogen-bond donors (Lipinski definition) is 2. The Kier molecular flexibility index (Phi) is 8.33. The second-order valence-corrected chi connectivity index (χ2v) is 6.70. The molecule has 0 aliphatic carbocycles. The largest absolute Gasteiger partial charge is 0.494 e. The number of benzene rings is 1. The van der Waals surface area contributed by atoms with Crippen LogP contribution in [0, 0.1) is 0 Å². The Balaban J connectivity index is 1.67. The number of piperidine rings is 1. The maximum atomic E-state index is 5.51. The predicted molar refractivity (Wildman–Crippen MR) is 106 cm³/mol. The van der Waals surface area contributed by atoms with E-state index in [0.29, 0.717) is 11.7 Å². The molecule has 1 atom stereocenters. The SMILES string of the molecule is CCOc1cccc(NC(=S)NCCCN2CCCC[C@@H]2CC)c1. The van der Waals surface area contributed by atoms with E-state index in [0.717, 1.165) is 37.0 Å². The number of rotatable bonds is 8. The van der Waals surface area contributed by atoms with E-state index >= 15 is 0 Å². The number of hydrogen-bond acceptors (Lipinski definition) is 3. The van der Waals surface area contributed by atoms with Crippen molar-refractivity contribution in [3.05, 3.63) is 24.3 Å². The molecule has 0 aromatic heterocycles. The average molecular weight is 350 g/mol. The third-order valence-electron chi connectivity index (χ3n) is 4.53. The molecule has 1 saturated heterocycles. The lowest BCUT2D eigenvalue weighted by Crippen LogP contribution is -2.40. The summed E-state index contributed by atoms with van der Waals surface area (Å²) in [5.41, 5.74) is 0.959. The highest BCUT2D eigenvalue weighted by molar-refractivity contribution is 7.80. The van der Waals surface area contributed by atoms with E-state index in [-0.39, 0.29) is 0 Å². The van der Waals surface area contributed by atoms with E-state index in [4.69, 9.17) is 17.0 Å². The number of thiocarbonyl (C=S) groups is 1. The molecule has 1 fully saturated rings. The van der Waals surface area contributed by atoms with Crippen molar-refractivity contribution in [2.75, 3.05) is 31.6 Å². The molecule has 2 rings (SSSR count). The van der Waals surface area contributed by atoms with Gasteiger partial charge in [-0.2, -0.15) is 0 Å². The highest BCUT2D eigenvalue weighted by Gasteiger charge is 2.19. The molecule has 5 heteroatoms.